The zero-order valence-electron chi connectivity index (χ0n) is 11.4. The average Bonchev–Trinajstić information content (AvgIpc) is 2.44. The molecule has 1 aromatic heterocycles. The van der Waals surface area contributed by atoms with E-state index in [0.717, 1.165) is 29.6 Å². The van der Waals surface area contributed by atoms with Crippen LogP contribution in [0.2, 0.25) is 0 Å². The Hall–Kier alpha value is -1.48. The molecule has 0 fully saturated rings. The maximum absolute atomic E-state index is 4.74. The molecule has 1 heterocycles. The number of hydrogen-bond acceptors (Lipinski definition) is 3. The van der Waals surface area contributed by atoms with E-state index in [1.807, 2.05) is 37.5 Å². The molecular weight excluding hydrogens is 222 g/mol. The van der Waals surface area contributed by atoms with Gasteiger partial charge in [-0.3, -0.25) is 4.98 Å². The molecule has 0 bridgehead atoms. The first kappa shape index (κ1) is 13.0. The predicted octanol–water partition coefficient (Wildman–Crippen LogP) is 3.33. The van der Waals surface area contributed by atoms with Crippen molar-refractivity contribution in [1.29, 1.82) is 0 Å². The molecule has 3 nitrogen and oxygen atoms in total. The summed E-state index contributed by atoms with van der Waals surface area (Å²) >= 11 is 0. The molecule has 1 N–H and O–H groups in total. The molecule has 0 saturated carbocycles. The van der Waals surface area contributed by atoms with Gasteiger partial charge >= 0.3 is 0 Å². The maximum atomic E-state index is 4.74. The number of aromatic nitrogens is 2. The molecule has 0 aliphatic heterocycles. The molecule has 2 rings (SSSR count). The van der Waals surface area contributed by atoms with Gasteiger partial charge in [0.2, 0.25) is 0 Å². The van der Waals surface area contributed by atoms with Gasteiger partial charge in [0.05, 0.1) is 29.0 Å². The normalized spacial score (nSPS) is 13.1. The second-order valence-corrected chi connectivity index (χ2v) is 4.63. The second-order valence-electron chi connectivity index (χ2n) is 4.63. The number of para-hydroxylation sites is 2. The number of nitrogens with one attached hydrogen (secondary N) is 1. The Morgan fingerprint density at radius 1 is 1.11 bits per heavy atom. The molecule has 1 aromatic carbocycles. The van der Waals surface area contributed by atoms with Crippen molar-refractivity contribution in [2.75, 3.05) is 7.05 Å². The van der Waals surface area contributed by atoms with E-state index >= 15 is 0 Å². The van der Waals surface area contributed by atoms with E-state index in [-0.39, 0.29) is 6.04 Å². The van der Waals surface area contributed by atoms with Crippen LogP contribution in [0.25, 0.3) is 11.0 Å². The molecule has 1 atom stereocenters. The van der Waals surface area contributed by atoms with Crippen LogP contribution >= 0.6 is 0 Å². The number of rotatable bonds is 5. The smallest absolute Gasteiger partial charge is 0.0890 e. The van der Waals surface area contributed by atoms with Gasteiger partial charge in [-0.1, -0.05) is 38.8 Å². The Labute approximate surface area is 109 Å². The fraction of sp³-hybridized carbons (Fsp3) is 0.467. The largest absolute Gasteiger partial charge is 0.311 e. The summed E-state index contributed by atoms with van der Waals surface area (Å²) < 4.78 is 0. The lowest BCUT2D eigenvalue weighted by molar-refractivity contribution is 0.353. The molecular formula is C15H21N3. The predicted molar refractivity (Wildman–Crippen MR) is 75.4 cm³/mol. The van der Waals surface area contributed by atoms with Gasteiger partial charge in [0.1, 0.15) is 0 Å². The minimum absolute atomic E-state index is 0.289. The van der Waals surface area contributed by atoms with Gasteiger partial charge in [-0.15, -0.1) is 0 Å². The van der Waals surface area contributed by atoms with Gasteiger partial charge in [-0.05, 0) is 25.1 Å². The lowest BCUT2D eigenvalue weighted by Crippen LogP contribution is -2.25. The van der Waals surface area contributed by atoms with Crippen LogP contribution in [-0.2, 0) is 0 Å². The van der Waals surface area contributed by atoms with E-state index in [1.165, 1.54) is 0 Å². The Bertz CT molecular complexity index is 506. The quantitative estimate of drug-likeness (QED) is 0.875. The van der Waals surface area contributed by atoms with Gasteiger partial charge in [-0.2, -0.15) is 0 Å². The van der Waals surface area contributed by atoms with Crippen molar-refractivity contribution < 1.29 is 0 Å². The van der Waals surface area contributed by atoms with Gasteiger partial charge in [0.15, 0.2) is 0 Å². The van der Waals surface area contributed by atoms with Gasteiger partial charge < -0.3 is 5.32 Å². The molecule has 0 amide bonds. The molecule has 96 valence electrons. The van der Waals surface area contributed by atoms with E-state index in [4.69, 9.17) is 4.98 Å². The van der Waals surface area contributed by atoms with Crippen molar-refractivity contribution in [1.82, 2.24) is 15.3 Å². The lowest BCUT2D eigenvalue weighted by Gasteiger charge is -2.24. The summed E-state index contributed by atoms with van der Waals surface area (Å²) in [6.45, 7) is 4.46. The second kappa shape index (κ2) is 5.91. The molecule has 18 heavy (non-hydrogen) atoms. The third-order valence-corrected chi connectivity index (χ3v) is 3.62. The van der Waals surface area contributed by atoms with Crippen LogP contribution in [0.1, 0.15) is 38.4 Å². The molecule has 0 saturated heterocycles. The highest BCUT2D eigenvalue weighted by Crippen LogP contribution is 2.26. The van der Waals surface area contributed by atoms with E-state index in [1.54, 1.807) is 0 Å². The van der Waals surface area contributed by atoms with E-state index in [0.29, 0.717) is 5.92 Å². The number of fused-ring (bicyclic) bond motifs is 1. The number of nitrogens with zero attached hydrogens (tertiary/aromatic N) is 2. The molecule has 0 radical (unpaired) electrons. The van der Waals surface area contributed by atoms with Crippen molar-refractivity contribution in [3.63, 3.8) is 0 Å². The Morgan fingerprint density at radius 3 is 2.39 bits per heavy atom. The molecule has 3 heteroatoms. The zero-order valence-corrected chi connectivity index (χ0v) is 11.4. The van der Waals surface area contributed by atoms with E-state index < -0.39 is 0 Å². The lowest BCUT2D eigenvalue weighted by atomic mass is 9.92. The maximum Gasteiger partial charge on any atom is 0.0890 e. The highest BCUT2D eigenvalue weighted by molar-refractivity contribution is 5.73. The summed E-state index contributed by atoms with van der Waals surface area (Å²) in [5.41, 5.74) is 2.98. The third kappa shape index (κ3) is 2.51. The average molecular weight is 243 g/mol. The van der Waals surface area contributed by atoms with Crippen molar-refractivity contribution in [3.05, 3.63) is 36.2 Å². The van der Waals surface area contributed by atoms with Crippen LogP contribution < -0.4 is 5.32 Å². The highest BCUT2D eigenvalue weighted by atomic mass is 14.9. The van der Waals surface area contributed by atoms with Gasteiger partial charge in [0, 0.05) is 0 Å². The zero-order chi connectivity index (χ0) is 13.0. The first-order chi connectivity index (χ1) is 8.80. The molecule has 0 aliphatic rings. The summed E-state index contributed by atoms with van der Waals surface area (Å²) in [4.78, 5) is 9.24. The van der Waals surface area contributed by atoms with Crippen LogP contribution in [0.4, 0.5) is 0 Å². The summed E-state index contributed by atoms with van der Waals surface area (Å²) in [5.74, 6) is 0.602. The van der Waals surface area contributed by atoms with Crippen molar-refractivity contribution in [3.8, 4) is 0 Å². The standard InChI is InChI=1S/C15H21N3/c1-4-11(5-2)15(16-3)14-10-17-12-8-6-7-9-13(12)18-14/h6-11,15-16H,4-5H2,1-3H3. The van der Waals surface area contributed by atoms with E-state index in [9.17, 15) is 0 Å². The Morgan fingerprint density at radius 2 is 1.78 bits per heavy atom. The summed E-state index contributed by atoms with van der Waals surface area (Å²) in [6.07, 6.45) is 4.20. The summed E-state index contributed by atoms with van der Waals surface area (Å²) in [6, 6.07) is 8.31. The van der Waals surface area contributed by atoms with Crippen molar-refractivity contribution >= 4 is 11.0 Å². The topological polar surface area (TPSA) is 37.8 Å². The fourth-order valence-electron chi connectivity index (χ4n) is 2.51. The van der Waals surface area contributed by atoms with Crippen LogP contribution in [0.5, 0.6) is 0 Å². The monoisotopic (exact) mass is 243 g/mol. The molecule has 0 spiro atoms. The first-order valence-corrected chi connectivity index (χ1v) is 6.69. The highest BCUT2D eigenvalue weighted by Gasteiger charge is 2.20. The minimum atomic E-state index is 0.289. The van der Waals surface area contributed by atoms with Crippen LogP contribution in [0.3, 0.4) is 0 Å². The third-order valence-electron chi connectivity index (χ3n) is 3.62. The SMILES string of the molecule is CCC(CC)C(NC)c1cnc2ccccc2n1. The summed E-state index contributed by atoms with van der Waals surface area (Å²) in [7, 11) is 2.00. The van der Waals surface area contributed by atoms with Crippen molar-refractivity contribution in [2.45, 2.75) is 32.7 Å². The van der Waals surface area contributed by atoms with Crippen molar-refractivity contribution in [2.24, 2.45) is 5.92 Å². The van der Waals surface area contributed by atoms with Crippen LogP contribution in [0, 0.1) is 5.92 Å². The van der Waals surface area contributed by atoms with E-state index in [2.05, 4.69) is 24.1 Å². The van der Waals surface area contributed by atoms with Crippen LogP contribution in [-0.4, -0.2) is 17.0 Å². The molecule has 1 unspecified atom stereocenters. The van der Waals surface area contributed by atoms with Gasteiger partial charge in [-0.25, -0.2) is 4.98 Å². The fourth-order valence-corrected chi connectivity index (χ4v) is 2.51. The Kier molecular flexibility index (Phi) is 4.26. The minimum Gasteiger partial charge on any atom is -0.311 e. The van der Waals surface area contributed by atoms with Crippen LogP contribution in [0.15, 0.2) is 30.5 Å². The molecule has 2 aromatic rings. The van der Waals surface area contributed by atoms with Gasteiger partial charge in [0.25, 0.3) is 0 Å². The number of benzene rings is 1. The Balaban J connectivity index is 2.39. The first-order valence-electron chi connectivity index (χ1n) is 6.69. The number of hydrogen-bond donors (Lipinski definition) is 1. The molecule has 0 aliphatic carbocycles. The summed E-state index contributed by atoms with van der Waals surface area (Å²) in [5, 5.41) is 3.38.